The van der Waals surface area contributed by atoms with Crippen LogP contribution in [0, 0.1) is 0 Å². The number of hydrogen-bond acceptors (Lipinski definition) is 16. The van der Waals surface area contributed by atoms with Crippen LogP contribution in [0.2, 0.25) is 20.4 Å². The molecule has 8 rings (SSSR count). The number of methoxy groups -OCH3 is 1. The van der Waals surface area contributed by atoms with Crippen LogP contribution in [-0.2, 0) is 17.8 Å². The van der Waals surface area contributed by atoms with E-state index in [0.717, 1.165) is 127 Å². The van der Waals surface area contributed by atoms with E-state index in [1.807, 2.05) is 24.3 Å². The number of carbonyl (C=O) groups excluding carboxylic acids is 2. The minimum atomic E-state index is -1.48. The first-order valence-corrected chi connectivity index (χ1v) is 24.7. The number of nitrogens with two attached hydrogens (primary N) is 2. The van der Waals surface area contributed by atoms with Crippen LogP contribution in [0.25, 0.3) is 0 Å². The molecular formula is C47H61Cl4LiN12O4. The van der Waals surface area contributed by atoms with E-state index in [-0.39, 0.29) is 46.5 Å². The summed E-state index contributed by atoms with van der Waals surface area (Å²) in [5.74, 6) is -1.28. The van der Waals surface area contributed by atoms with Crippen molar-refractivity contribution in [1.82, 2.24) is 39.5 Å². The van der Waals surface area contributed by atoms with Crippen molar-refractivity contribution in [2.75, 3.05) is 93.8 Å². The number of anilines is 4. The average Bonchev–Trinajstić information content (AvgIpc) is 3.34. The molecular weight excluding hydrogens is 945 g/mol. The van der Waals surface area contributed by atoms with E-state index < -0.39 is 17.6 Å². The third-order valence-corrected chi connectivity index (χ3v) is 14.6. The number of carbonyl (C=O) groups is 2. The summed E-state index contributed by atoms with van der Waals surface area (Å²) < 4.78 is 4.71. The third kappa shape index (κ3) is 13.4. The van der Waals surface area contributed by atoms with Crippen molar-refractivity contribution < 1.29 is 38.3 Å². The van der Waals surface area contributed by atoms with Gasteiger partial charge in [0, 0.05) is 86.6 Å². The molecule has 0 bridgehead atoms. The van der Waals surface area contributed by atoms with Crippen molar-refractivity contribution in [3.05, 3.63) is 91.4 Å². The van der Waals surface area contributed by atoms with Crippen molar-refractivity contribution in [3.8, 4) is 0 Å². The fraction of sp³-hybridized carbons (Fsp3) is 0.532. The SMILES string of the molecule is CC[C@H]1CN(c2nc(N)c(C(=O)OC)nc2Cl)CCN1C1CCN(Cc2ccc(Cl)cc2)CC1.CC[C@H]1CN(c2nc(N)c(C(=O)[O-])nc2Cl)CCN1C1CCN(Cc2ccc(Cl)cc2)CC1.[Li+]. The number of carboxylic acids is 1. The van der Waals surface area contributed by atoms with Crippen LogP contribution in [-0.4, -0.2) is 148 Å². The number of benzene rings is 2. The number of piperidine rings is 2. The molecule has 0 unspecified atom stereocenters. The van der Waals surface area contributed by atoms with Gasteiger partial charge >= 0.3 is 24.8 Å². The van der Waals surface area contributed by atoms with Crippen LogP contribution in [0.1, 0.15) is 84.5 Å². The second-order valence-electron chi connectivity index (χ2n) is 17.7. The first-order chi connectivity index (χ1) is 32.2. The van der Waals surface area contributed by atoms with Gasteiger partial charge < -0.3 is 35.9 Å². The summed E-state index contributed by atoms with van der Waals surface area (Å²) in [6, 6.07) is 18.1. The molecule has 4 fully saturated rings. The third-order valence-electron chi connectivity index (χ3n) is 13.6. The number of nitrogen functional groups attached to an aromatic ring is 2. The number of piperazine rings is 2. The zero-order valence-electron chi connectivity index (χ0n) is 39.4. The van der Waals surface area contributed by atoms with E-state index in [2.05, 4.69) is 87.4 Å². The molecule has 2 aromatic heterocycles. The molecule has 0 aliphatic carbocycles. The van der Waals surface area contributed by atoms with E-state index in [9.17, 15) is 14.7 Å². The van der Waals surface area contributed by atoms with E-state index in [4.69, 9.17) is 62.6 Å². The molecule has 68 heavy (non-hydrogen) atoms. The molecule has 362 valence electrons. The number of aromatic carboxylic acids is 1. The molecule has 0 radical (unpaired) electrons. The number of hydrogen-bond donors (Lipinski definition) is 2. The smallest absolute Gasteiger partial charge is 0.543 e. The fourth-order valence-corrected chi connectivity index (χ4v) is 10.7. The Balaban J connectivity index is 0.000000221. The van der Waals surface area contributed by atoms with E-state index >= 15 is 0 Å². The van der Waals surface area contributed by atoms with Gasteiger partial charge in [-0.3, -0.25) is 19.6 Å². The first kappa shape index (κ1) is 53.7. The molecule has 2 atom stereocenters. The Labute approximate surface area is 431 Å². The second kappa shape index (κ2) is 24.9. The van der Waals surface area contributed by atoms with Crippen molar-refractivity contribution in [1.29, 1.82) is 0 Å². The fourth-order valence-electron chi connectivity index (χ4n) is 9.96. The zero-order chi connectivity index (χ0) is 47.8. The van der Waals surface area contributed by atoms with Crippen molar-refractivity contribution in [2.45, 2.75) is 89.6 Å². The summed E-state index contributed by atoms with van der Waals surface area (Å²) in [6.45, 7) is 15.5. The summed E-state index contributed by atoms with van der Waals surface area (Å²) >= 11 is 24.7. The summed E-state index contributed by atoms with van der Waals surface area (Å²) in [5.41, 5.74) is 13.9. The predicted octanol–water partition coefficient (Wildman–Crippen LogP) is 3.02. The predicted molar refractivity (Wildman–Crippen MR) is 264 cm³/mol. The number of ether oxygens (including phenoxy) is 1. The zero-order valence-corrected chi connectivity index (χ0v) is 42.5. The average molecular weight is 1010 g/mol. The maximum atomic E-state index is 11.8. The van der Waals surface area contributed by atoms with Crippen molar-refractivity contribution >= 4 is 81.6 Å². The maximum Gasteiger partial charge on any atom is 1.00 e. The Kier molecular flexibility index (Phi) is 19.7. The molecule has 6 heterocycles. The van der Waals surface area contributed by atoms with Crippen LogP contribution in [0.3, 0.4) is 0 Å². The van der Waals surface area contributed by atoms with Crippen LogP contribution in [0.4, 0.5) is 23.3 Å². The molecule has 4 saturated heterocycles. The summed E-state index contributed by atoms with van der Waals surface area (Å²) in [6.07, 6.45) is 6.62. The molecule has 4 aromatic rings. The normalized spacial score (nSPS) is 20.3. The number of halogens is 4. The van der Waals surface area contributed by atoms with Crippen molar-refractivity contribution in [2.24, 2.45) is 0 Å². The number of esters is 1. The summed E-state index contributed by atoms with van der Waals surface area (Å²) in [4.78, 5) is 54.2. The maximum absolute atomic E-state index is 11.8. The van der Waals surface area contributed by atoms with Gasteiger partial charge in [0.25, 0.3) is 0 Å². The standard InChI is InChI=1S/C24H32Cl2N6O2.C23H30Cl2N6O2.Li/c1-3-18-15-31(23-21(26)28-20(22(27)29-23)24(33)34-2)12-13-32(18)19-8-10-30(11-9-19)14-16-4-6-17(25)7-5-16;1-2-17-14-30(22-20(25)27-19(23(32)33)21(26)28-22)11-12-31(17)18-7-9-29(10-8-18)13-15-3-5-16(24)6-4-15;/h4-7,18-19H,3,8-15H2,1-2H3,(H2,27,29);3-6,17-18H,2,7-14H2,1H3,(H2,26,28)(H,32,33);/q;;+1/p-1/t18-;17-;/m00./s1. The largest absolute Gasteiger partial charge is 1.00 e. The van der Waals surface area contributed by atoms with Crippen LogP contribution in [0.15, 0.2) is 48.5 Å². The quantitative estimate of drug-likeness (QED) is 0.156. The van der Waals surface area contributed by atoms with Gasteiger partial charge in [0.15, 0.2) is 39.3 Å². The van der Waals surface area contributed by atoms with Gasteiger partial charge in [0.05, 0.1) is 13.1 Å². The molecule has 0 amide bonds. The van der Waals surface area contributed by atoms with Gasteiger partial charge in [-0.1, -0.05) is 84.5 Å². The monoisotopic (exact) mass is 1000 g/mol. The Hall–Kier alpha value is -3.66. The molecule has 0 spiro atoms. The minimum absolute atomic E-state index is 0. The number of nitrogens with zero attached hydrogens (tertiary/aromatic N) is 10. The molecule has 16 nitrogen and oxygen atoms in total. The van der Waals surface area contributed by atoms with Gasteiger partial charge in [0.2, 0.25) is 0 Å². The Morgan fingerprint density at radius 2 is 1.00 bits per heavy atom. The minimum Gasteiger partial charge on any atom is -0.543 e. The van der Waals surface area contributed by atoms with E-state index in [1.165, 1.54) is 18.2 Å². The Morgan fingerprint density at radius 1 is 0.618 bits per heavy atom. The number of carboxylic acid groups (broad SMARTS) is 1. The van der Waals surface area contributed by atoms with Gasteiger partial charge in [0.1, 0.15) is 5.69 Å². The van der Waals surface area contributed by atoms with Gasteiger partial charge in [-0.15, -0.1) is 0 Å². The second-order valence-corrected chi connectivity index (χ2v) is 19.3. The number of rotatable bonds is 12. The number of aromatic nitrogens is 4. The van der Waals surface area contributed by atoms with Crippen LogP contribution >= 0.6 is 46.4 Å². The summed E-state index contributed by atoms with van der Waals surface area (Å²) in [5, 5.41) is 12.9. The van der Waals surface area contributed by atoms with E-state index in [1.54, 1.807) is 0 Å². The molecule has 4 aliphatic heterocycles. The molecule has 4 aliphatic rings. The Bertz CT molecular complexity index is 2310. The van der Waals surface area contributed by atoms with Gasteiger partial charge in [-0.05, 0) is 100 Å². The van der Waals surface area contributed by atoms with Crippen LogP contribution in [0.5, 0.6) is 0 Å². The van der Waals surface area contributed by atoms with Gasteiger partial charge in [-0.25, -0.2) is 24.7 Å². The summed E-state index contributed by atoms with van der Waals surface area (Å²) in [7, 11) is 1.28. The van der Waals surface area contributed by atoms with Gasteiger partial charge in [-0.2, -0.15) is 0 Å². The molecule has 2 aromatic carbocycles. The topological polar surface area (TPSA) is 189 Å². The first-order valence-electron chi connectivity index (χ1n) is 23.2. The molecule has 21 heteroatoms. The van der Waals surface area contributed by atoms with Crippen LogP contribution < -0.4 is 45.2 Å². The molecule has 4 N–H and O–H groups in total. The van der Waals surface area contributed by atoms with Crippen molar-refractivity contribution in [3.63, 3.8) is 0 Å². The Morgan fingerprint density at radius 3 is 1.37 bits per heavy atom. The molecule has 0 saturated carbocycles. The van der Waals surface area contributed by atoms with E-state index in [0.29, 0.717) is 35.8 Å². The number of likely N-dealkylation sites (tertiary alicyclic amines) is 2.